The van der Waals surface area contributed by atoms with Crippen molar-refractivity contribution < 1.29 is 8.78 Å². The number of halogens is 2. The molecule has 2 aliphatic carbocycles. The van der Waals surface area contributed by atoms with Gasteiger partial charge in [-0.2, -0.15) is 0 Å². The first-order valence-electron chi connectivity index (χ1n) is 6.39. The predicted molar refractivity (Wildman–Crippen MR) is 63.9 cm³/mol. The molecule has 3 heteroatoms. The number of hydrogen-bond donors (Lipinski definition) is 1. The first-order chi connectivity index (χ1) is 7.26. The Hall–Kier alpha value is -0.180. The number of rotatable bonds is 0. The Bertz CT molecular complexity index is 202. The predicted octanol–water partition coefficient (Wildman–Crippen LogP) is 3.76. The average molecular weight is 233 g/mol. The molecule has 0 saturated heterocycles. The van der Waals surface area contributed by atoms with E-state index in [0.717, 1.165) is 32.1 Å². The fourth-order valence-corrected chi connectivity index (χ4v) is 2.46. The van der Waals surface area contributed by atoms with Crippen molar-refractivity contribution in [2.45, 2.75) is 76.7 Å². The molecule has 2 fully saturated rings. The highest BCUT2D eigenvalue weighted by atomic mass is 19.1. The fraction of sp³-hybridized carbons (Fsp3) is 1.00. The van der Waals surface area contributed by atoms with Gasteiger partial charge in [0.1, 0.15) is 11.3 Å². The van der Waals surface area contributed by atoms with E-state index in [2.05, 4.69) is 0 Å². The molecule has 2 saturated carbocycles. The van der Waals surface area contributed by atoms with Crippen LogP contribution in [-0.2, 0) is 0 Å². The van der Waals surface area contributed by atoms with Gasteiger partial charge in [0.25, 0.3) is 0 Å². The molecule has 0 aliphatic heterocycles. The van der Waals surface area contributed by atoms with Crippen molar-refractivity contribution in [2.24, 2.45) is 11.7 Å². The molecule has 0 aromatic carbocycles. The molecule has 2 N–H and O–H groups in total. The van der Waals surface area contributed by atoms with Gasteiger partial charge in [-0.3, -0.25) is 0 Å². The lowest BCUT2D eigenvalue weighted by molar-refractivity contribution is 0.144. The smallest absolute Gasteiger partial charge is 0.123 e. The maximum atomic E-state index is 13.0. The van der Waals surface area contributed by atoms with Gasteiger partial charge in [0, 0.05) is 6.04 Å². The Kier molecular flexibility index (Phi) is 4.33. The van der Waals surface area contributed by atoms with Crippen molar-refractivity contribution in [2.75, 3.05) is 0 Å². The van der Waals surface area contributed by atoms with Crippen molar-refractivity contribution in [3.63, 3.8) is 0 Å². The molecule has 0 aromatic rings. The van der Waals surface area contributed by atoms with E-state index < -0.39 is 11.3 Å². The summed E-state index contributed by atoms with van der Waals surface area (Å²) in [5, 5.41) is 0. The van der Waals surface area contributed by atoms with Crippen LogP contribution >= 0.6 is 0 Å². The highest BCUT2D eigenvalue weighted by Gasteiger charge is 2.36. The van der Waals surface area contributed by atoms with Crippen molar-refractivity contribution in [3.05, 3.63) is 0 Å². The molecule has 0 unspecified atom stereocenters. The Morgan fingerprint density at radius 1 is 1.00 bits per heavy atom. The van der Waals surface area contributed by atoms with E-state index in [1.807, 2.05) is 6.92 Å². The third-order valence-electron chi connectivity index (χ3n) is 4.28. The molecule has 2 aliphatic rings. The number of alkyl halides is 2. The van der Waals surface area contributed by atoms with E-state index in [0.29, 0.717) is 12.3 Å². The van der Waals surface area contributed by atoms with Gasteiger partial charge < -0.3 is 5.73 Å². The molecule has 1 nitrogen and oxygen atoms in total. The standard InChI is InChI=1S/C7H13F.C6H12FN/c1-6-4-3-5-7(6,2)8;1-6(7)4-2-3-5(6)8/h6H,3-5H2,1-2H3;5H,2-4,8H2,1H3/t6-,7+;5-,6+/m11/s1. The molecule has 0 bridgehead atoms. The maximum absolute atomic E-state index is 13.0. The summed E-state index contributed by atoms with van der Waals surface area (Å²) in [6.07, 6.45) is 5.38. The second-order valence-corrected chi connectivity index (χ2v) is 5.85. The van der Waals surface area contributed by atoms with Crippen molar-refractivity contribution in [1.82, 2.24) is 0 Å². The van der Waals surface area contributed by atoms with Gasteiger partial charge in [-0.1, -0.05) is 6.92 Å². The second kappa shape index (κ2) is 4.99. The summed E-state index contributed by atoms with van der Waals surface area (Å²) < 4.78 is 25.9. The molecule has 16 heavy (non-hydrogen) atoms. The van der Waals surface area contributed by atoms with E-state index in [9.17, 15) is 8.78 Å². The molecule has 0 radical (unpaired) electrons. The highest BCUT2D eigenvalue weighted by Crippen LogP contribution is 2.37. The minimum absolute atomic E-state index is 0.206. The van der Waals surface area contributed by atoms with Crippen LogP contribution in [-0.4, -0.2) is 17.4 Å². The SMILES string of the molecule is C[C@@H]1CCC[C@]1(C)F.C[C@]1(F)CCC[C@H]1N. The lowest BCUT2D eigenvalue weighted by Gasteiger charge is -2.17. The largest absolute Gasteiger partial charge is 0.325 e. The first-order valence-corrected chi connectivity index (χ1v) is 6.39. The zero-order chi connectivity index (χ0) is 12.4. The number of hydrogen-bond acceptors (Lipinski definition) is 1. The monoisotopic (exact) mass is 233 g/mol. The lowest BCUT2D eigenvalue weighted by Crippen LogP contribution is -2.36. The Balaban J connectivity index is 0.000000160. The van der Waals surface area contributed by atoms with E-state index in [-0.39, 0.29) is 6.04 Å². The average Bonchev–Trinajstić information content (AvgIpc) is 2.60. The van der Waals surface area contributed by atoms with Gasteiger partial charge in [-0.25, -0.2) is 8.78 Å². The van der Waals surface area contributed by atoms with Gasteiger partial charge in [0.05, 0.1) is 0 Å². The van der Waals surface area contributed by atoms with Crippen molar-refractivity contribution >= 4 is 0 Å². The minimum atomic E-state index is -1.07. The first kappa shape index (κ1) is 13.9. The molecule has 0 aromatic heterocycles. The zero-order valence-corrected chi connectivity index (χ0v) is 10.7. The van der Waals surface area contributed by atoms with Crippen LogP contribution in [0, 0.1) is 5.92 Å². The van der Waals surface area contributed by atoms with E-state index in [1.165, 1.54) is 0 Å². The van der Waals surface area contributed by atoms with Crippen LogP contribution in [0.2, 0.25) is 0 Å². The van der Waals surface area contributed by atoms with Crippen LogP contribution in [0.25, 0.3) is 0 Å². The van der Waals surface area contributed by atoms with Crippen LogP contribution in [0.3, 0.4) is 0 Å². The van der Waals surface area contributed by atoms with Crippen LogP contribution in [0.1, 0.15) is 59.3 Å². The van der Waals surface area contributed by atoms with Gasteiger partial charge in [0.2, 0.25) is 0 Å². The zero-order valence-electron chi connectivity index (χ0n) is 10.7. The number of nitrogens with two attached hydrogens (primary N) is 1. The summed E-state index contributed by atoms with van der Waals surface area (Å²) in [6.45, 7) is 5.29. The Morgan fingerprint density at radius 2 is 1.50 bits per heavy atom. The quantitative estimate of drug-likeness (QED) is 0.677. The lowest BCUT2D eigenvalue weighted by atomic mass is 9.97. The summed E-state index contributed by atoms with van der Waals surface area (Å²) in [7, 11) is 0. The molecule has 0 amide bonds. The topological polar surface area (TPSA) is 26.0 Å². The second-order valence-electron chi connectivity index (χ2n) is 5.85. The van der Waals surface area contributed by atoms with Crippen LogP contribution < -0.4 is 5.73 Å². The summed E-state index contributed by atoms with van der Waals surface area (Å²) in [5.41, 5.74) is 3.52. The molecule has 2 rings (SSSR count). The third-order valence-corrected chi connectivity index (χ3v) is 4.28. The molecular formula is C13H25F2N. The van der Waals surface area contributed by atoms with Gasteiger partial charge in [0.15, 0.2) is 0 Å². The summed E-state index contributed by atoms with van der Waals surface area (Å²) in [5.74, 6) is 0.294. The fourth-order valence-electron chi connectivity index (χ4n) is 2.46. The summed E-state index contributed by atoms with van der Waals surface area (Å²) >= 11 is 0. The van der Waals surface area contributed by atoms with Gasteiger partial charge in [-0.15, -0.1) is 0 Å². The van der Waals surface area contributed by atoms with Crippen LogP contribution in [0.5, 0.6) is 0 Å². The molecule has 96 valence electrons. The van der Waals surface area contributed by atoms with Crippen LogP contribution in [0.15, 0.2) is 0 Å². The maximum Gasteiger partial charge on any atom is 0.123 e. The third kappa shape index (κ3) is 3.41. The van der Waals surface area contributed by atoms with E-state index >= 15 is 0 Å². The van der Waals surface area contributed by atoms with Crippen molar-refractivity contribution in [1.29, 1.82) is 0 Å². The molecule has 4 atom stereocenters. The molecule has 0 spiro atoms. The van der Waals surface area contributed by atoms with Crippen LogP contribution in [0.4, 0.5) is 8.78 Å². The Morgan fingerprint density at radius 3 is 1.62 bits per heavy atom. The van der Waals surface area contributed by atoms with Gasteiger partial charge in [-0.05, 0) is 58.3 Å². The highest BCUT2D eigenvalue weighted by molar-refractivity contribution is 4.91. The Labute approximate surface area is 97.8 Å². The van der Waals surface area contributed by atoms with E-state index in [4.69, 9.17) is 5.73 Å². The van der Waals surface area contributed by atoms with Crippen molar-refractivity contribution in [3.8, 4) is 0 Å². The molecular weight excluding hydrogens is 208 g/mol. The molecule has 0 heterocycles. The van der Waals surface area contributed by atoms with Gasteiger partial charge >= 0.3 is 0 Å². The summed E-state index contributed by atoms with van der Waals surface area (Å²) in [4.78, 5) is 0. The summed E-state index contributed by atoms with van der Waals surface area (Å²) in [6, 6.07) is -0.206. The van der Waals surface area contributed by atoms with E-state index in [1.54, 1.807) is 13.8 Å². The normalized spacial score (nSPS) is 47.6. The minimum Gasteiger partial charge on any atom is -0.325 e.